The number of unbranched alkanes of at least 4 members (excludes halogenated alkanes) is 5. The quantitative estimate of drug-likeness (QED) is 0.106. The number of benzene rings is 3. The minimum absolute atomic E-state index is 0.375. The first-order valence-electron chi connectivity index (χ1n) is 11.7. The monoisotopic (exact) mass is 594 g/mol. The molecule has 182 valence electrons. The Kier molecular flexibility index (Phi) is 10.8. The molecule has 0 bridgehead atoms. The number of aryl methyl sites for hydroxylation is 1. The normalized spacial score (nSPS) is 12.7. The third-order valence-electron chi connectivity index (χ3n) is 5.32. The molecule has 1 unspecified atom stereocenters. The second-order valence-corrected chi connectivity index (χ2v) is 10.7. The lowest BCUT2D eigenvalue weighted by atomic mass is 10.0. The van der Waals surface area contributed by atoms with E-state index in [1.54, 1.807) is 53.3 Å². The predicted molar refractivity (Wildman–Crippen MR) is 146 cm³/mol. The summed E-state index contributed by atoms with van der Waals surface area (Å²) in [6, 6.07) is 22.5. The van der Waals surface area contributed by atoms with E-state index in [0.717, 1.165) is 28.9 Å². The first-order valence-corrected chi connectivity index (χ1v) is 14.1. The molecule has 0 heterocycles. The smallest absolute Gasteiger partial charge is 0.494 e. The molecule has 0 aliphatic rings. The number of hydrogen-bond donors (Lipinski definition) is 0. The Hall–Kier alpha value is -2.02. The van der Waals surface area contributed by atoms with E-state index in [1.165, 1.54) is 32.1 Å². The molecule has 34 heavy (non-hydrogen) atoms. The summed E-state index contributed by atoms with van der Waals surface area (Å²) in [7, 11) is -3.92. The van der Waals surface area contributed by atoms with E-state index in [0.29, 0.717) is 18.1 Å². The zero-order chi connectivity index (χ0) is 24.2. The van der Waals surface area contributed by atoms with Crippen molar-refractivity contribution in [2.45, 2.75) is 52.4 Å². The highest BCUT2D eigenvalue weighted by molar-refractivity contribution is 14.1. The lowest BCUT2D eigenvalue weighted by molar-refractivity contribution is 0.303. The van der Waals surface area contributed by atoms with Crippen LogP contribution in [-0.2, 0) is 7.42 Å². The summed E-state index contributed by atoms with van der Waals surface area (Å²) in [6.07, 6.45) is 7.31. The maximum Gasteiger partial charge on any atom is 0.597 e. The van der Waals surface area contributed by atoms with Gasteiger partial charge in [0.1, 0.15) is 40.3 Å². The van der Waals surface area contributed by atoms with Crippen LogP contribution >= 0.6 is 30.8 Å². The van der Waals surface area contributed by atoms with E-state index in [2.05, 4.69) is 6.92 Å². The number of phosphoric ester groups is 1. The standard InChI is InChI=1S/C27H32IO5P/c1-3-4-5-6-7-11-20-30-24-15-17-25(18-16-24)31-34(29,33-28)32-27-19-14-22(2)21-26(27)23-12-9-8-10-13-23/h8-10,12-19,21H,3-7,11,20H2,1-2H3. The minimum atomic E-state index is -3.92. The van der Waals surface area contributed by atoms with Gasteiger partial charge in [0.05, 0.1) is 6.61 Å². The van der Waals surface area contributed by atoms with Crippen molar-refractivity contribution in [1.82, 2.24) is 0 Å². The molecule has 0 aliphatic heterocycles. The molecule has 0 aliphatic carbocycles. The predicted octanol–water partition coefficient (Wildman–Crippen LogP) is 9.33. The van der Waals surface area contributed by atoms with Gasteiger partial charge < -0.3 is 13.8 Å². The van der Waals surface area contributed by atoms with Gasteiger partial charge in [-0.3, -0.25) is 0 Å². The molecular weight excluding hydrogens is 562 g/mol. The molecule has 3 rings (SSSR count). The van der Waals surface area contributed by atoms with Crippen LogP contribution in [0.1, 0.15) is 51.0 Å². The molecule has 0 fully saturated rings. The number of ether oxygens (including phenoxy) is 1. The summed E-state index contributed by atoms with van der Waals surface area (Å²) in [5, 5.41) is 0. The van der Waals surface area contributed by atoms with Gasteiger partial charge >= 0.3 is 7.82 Å². The fourth-order valence-corrected chi connectivity index (χ4v) is 4.89. The Morgan fingerprint density at radius 2 is 1.47 bits per heavy atom. The van der Waals surface area contributed by atoms with Crippen molar-refractivity contribution in [3.63, 3.8) is 0 Å². The summed E-state index contributed by atoms with van der Waals surface area (Å²) in [5.41, 5.74) is 2.83. The Bertz CT molecular complexity index is 1060. The zero-order valence-corrected chi connectivity index (χ0v) is 22.8. The fourth-order valence-electron chi connectivity index (χ4n) is 3.53. The highest BCUT2D eigenvalue weighted by atomic mass is 127. The lowest BCUT2D eigenvalue weighted by Crippen LogP contribution is -2.02. The van der Waals surface area contributed by atoms with Crippen LogP contribution in [-0.4, -0.2) is 6.61 Å². The van der Waals surface area contributed by atoms with Crippen LogP contribution < -0.4 is 13.8 Å². The highest BCUT2D eigenvalue weighted by Gasteiger charge is 2.31. The summed E-state index contributed by atoms with van der Waals surface area (Å²) >= 11 is 1.56. The SMILES string of the molecule is CCCCCCCCOc1ccc(OP(=O)(OI)Oc2ccc(C)cc2-c2ccccc2)cc1. The Balaban J connectivity index is 1.61. The van der Waals surface area contributed by atoms with Crippen LogP contribution in [0.5, 0.6) is 17.2 Å². The van der Waals surface area contributed by atoms with Crippen LogP contribution in [0.15, 0.2) is 72.8 Å². The van der Waals surface area contributed by atoms with E-state index >= 15 is 0 Å². The van der Waals surface area contributed by atoms with Crippen molar-refractivity contribution < 1.29 is 21.2 Å². The first-order chi connectivity index (χ1) is 16.5. The van der Waals surface area contributed by atoms with Gasteiger partial charge in [-0.1, -0.05) is 81.0 Å². The van der Waals surface area contributed by atoms with Gasteiger partial charge in [0, 0.05) is 5.56 Å². The number of hydrogen-bond acceptors (Lipinski definition) is 5. The molecule has 0 saturated carbocycles. The zero-order valence-electron chi connectivity index (χ0n) is 19.7. The molecule has 0 N–H and O–H groups in total. The molecule has 1 atom stereocenters. The molecule has 0 amide bonds. The van der Waals surface area contributed by atoms with Gasteiger partial charge in [-0.2, -0.15) is 2.85 Å². The molecule has 0 radical (unpaired) electrons. The highest BCUT2D eigenvalue weighted by Crippen LogP contribution is 2.53. The molecule has 0 saturated heterocycles. The second kappa shape index (κ2) is 13.8. The maximum atomic E-state index is 13.3. The van der Waals surface area contributed by atoms with E-state index < -0.39 is 7.82 Å². The summed E-state index contributed by atoms with van der Waals surface area (Å²) in [4.78, 5) is 0. The second-order valence-electron chi connectivity index (χ2n) is 8.15. The summed E-state index contributed by atoms with van der Waals surface area (Å²) in [5.74, 6) is 1.55. The molecule has 0 spiro atoms. The number of rotatable bonds is 14. The van der Waals surface area contributed by atoms with Crippen molar-refractivity contribution >= 4 is 30.8 Å². The molecule has 3 aromatic rings. The number of phosphoric acid groups is 1. The van der Waals surface area contributed by atoms with Crippen LogP contribution in [0.4, 0.5) is 0 Å². The Morgan fingerprint density at radius 3 is 2.18 bits per heavy atom. The van der Waals surface area contributed by atoms with E-state index in [1.807, 2.05) is 49.4 Å². The van der Waals surface area contributed by atoms with Gasteiger partial charge in [-0.05, 0) is 55.3 Å². The molecule has 5 nitrogen and oxygen atoms in total. The first kappa shape index (κ1) is 26.6. The maximum absolute atomic E-state index is 13.3. The van der Waals surface area contributed by atoms with Crippen molar-refractivity contribution in [1.29, 1.82) is 0 Å². The van der Waals surface area contributed by atoms with E-state index in [9.17, 15) is 4.57 Å². The largest absolute Gasteiger partial charge is 0.597 e. The summed E-state index contributed by atoms with van der Waals surface area (Å²) in [6.45, 7) is 4.90. The molecule has 0 aromatic heterocycles. The van der Waals surface area contributed by atoms with Crippen LogP contribution in [0.2, 0.25) is 0 Å². The van der Waals surface area contributed by atoms with Crippen LogP contribution in [0.25, 0.3) is 11.1 Å². The van der Waals surface area contributed by atoms with Crippen molar-refractivity contribution in [2.24, 2.45) is 0 Å². The number of halogens is 1. The fraction of sp³-hybridized carbons (Fsp3) is 0.333. The van der Waals surface area contributed by atoms with E-state index in [-0.39, 0.29) is 0 Å². The van der Waals surface area contributed by atoms with Crippen molar-refractivity contribution in [3.8, 4) is 28.4 Å². The third kappa shape index (κ3) is 8.33. The molecule has 7 heteroatoms. The van der Waals surface area contributed by atoms with Crippen molar-refractivity contribution in [2.75, 3.05) is 6.61 Å². The topological polar surface area (TPSA) is 54.0 Å². The van der Waals surface area contributed by atoms with Gasteiger partial charge in [-0.25, -0.2) is 4.57 Å². The van der Waals surface area contributed by atoms with Crippen LogP contribution in [0, 0.1) is 6.92 Å². The Labute approximate surface area is 217 Å². The van der Waals surface area contributed by atoms with Gasteiger partial charge in [0.25, 0.3) is 0 Å². The molecule has 3 aromatic carbocycles. The Morgan fingerprint density at radius 1 is 0.794 bits per heavy atom. The van der Waals surface area contributed by atoms with E-state index in [4.69, 9.17) is 16.6 Å². The average Bonchev–Trinajstić information content (AvgIpc) is 2.86. The summed E-state index contributed by atoms with van der Waals surface area (Å²) < 4.78 is 35.7. The van der Waals surface area contributed by atoms with Gasteiger partial charge in [0.15, 0.2) is 0 Å². The molecular formula is C27H32IO5P. The lowest BCUT2D eigenvalue weighted by Gasteiger charge is -2.19. The third-order valence-corrected chi connectivity index (χ3v) is 7.79. The van der Waals surface area contributed by atoms with Gasteiger partial charge in [0.2, 0.25) is 0 Å². The van der Waals surface area contributed by atoms with Crippen molar-refractivity contribution in [3.05, 3.63) is 78.4 Å². The van der Waals surface area contributed by atoms with Crippen LogP contribution in [0.3, 0.4) is 0 Å². The van der Waals surface area contributed by atoms with Gasteiger partial charge in [-0.15, -0.1) is 0 Å². The minimum Gasteiger partial charge on any atom is -0.494 e. The average molecular weight is 594 g/mol.